The maximum absolute atomic E-state index is 13.5. The number of benzene rings is 2. The number of carbonyl (C=O) groups is 2. The number of ketones is 1. The molecule has 2 heterocycles. The highest BCUT2D eigenvalue weighted by Crippen LogP contribution is 2.34. The highest BCUT2D eigenvalue weighted by Gasteiger charge is 2.41. The van der Waals surface area contributed by atoms with Crippen molar-refractivity contribution in [2.45, 2.75) is 25.8 Å². The van der Waals surface area contributed by atoms with Crippen LogP contribution in [-0.2, 0) is 4.74 Å². The molecule has 7 nitrogen and oxygen atoms in total. The van der Waals surface area contributed by atoms with Crippen molar-refractivity contribution < 1.29 is 23.8 Å². The molecule has 0 unspecified atom stereocenters. The van der Waals surface area contributed by atoms with Crippen molar-refractivity contribution in [3.8, 4) is 11.5 Å². The summed E-state index contributed by atoms with van der Waals surface area (Å²) in [5, 5.41) is 3.15. The number of morpholine rings is 1. The van der Waals surface area contributed by atoms with Crippen LogP contribution in [-0.4, -0.2) is 79.7 Å². The Labute approximate surface area is 211 Å². The molecule has 1 N–H and O–H groups in total. The second-order valence-electron chi connectivity index (χ2n) is 8.71. The van der Waals surface area contributed by atoms with E-state index in [1.165, 1.54) is 0 Å². The van der Waals surface area contributed by atoms with Crippen LogP contribution >= 0.6 is 11.8 Å². The van der Waals surface area contributed by atoms with Crippen LogP contribution in [0, 0.1) is 0 Å². The van der Waals surface area contributed by atoms with E-state index in [4.69, 9.17) is 14.2 Å². The number of hydrogen-bond donors (Lipinski definition) is 1. The summed E-state index contributed by atoms with van der Waals surface area (Å²) in [4.78, 5) is 29.3. The molecule has 2 aliphatic rings. The molecule has 0 saturated carbocycles. The van der Waals surface area contributed by atoms with Gasteiger partial charge in [-0.15, -0.1) is 0 Å². The van der Waals surface area contributed by atoms with E-state index in [-0.39, 0.29) is 17.2 Å². The van der Waals surface area contributed by atoms with Gasteiger partial charge in [-0.3, -0.25) is 14.5 Å². The summed E-state index contributed by atoms with van der Waals surface area (Å²) >= 11 is 1.93. The lowest BCUT2D eigenvalue weighted by Crippen LogP contribution is -2.59. The fraction of sp³-hybridized carbons (Fsp3) is 0.481. The van der Waals surface area contributed by atoms with Gasteiger partial charge in [0.25, 0.3) is 5.91 Å². The predicted molar refractivity (Wildman–Crippen MR) is 138 cm³/mol. The zero-order valence-corrected chi connectivity index (χ0v) is 21.3. The normalized spacial score (nSPS) is 20.4. The van der Waals surface area contributed by atoms with Crippen molar-refractivity contribution in [2.75, 3.05) is 57.6 Å². The van der Waals surface area contributed by atoms with Crippen molar-refractivity contribution in [3.63, 3.8) is 0 Å². The lowest BCUT2D eigenvalue weighted by molar-refractivity contribution is -0.0129. The van der Waals surface area contributed by atoms with E-state index < -0.39 is 0 Å². The molecule has 35 heavy (non-hydrogen) atoms. The standard InChI is InChI=1S/C27H34N2O5S/c1-3-33-23-10-9-20(17-24(23)34-4-2)25(30)21-7-5-6-8-22(21)26(31)28-18-27(11-16-35-19-27)29-12-14-32-15-13-29/h5-10,17H,3-4,11-16,18-19H2,1-2H3,(H,28,31)/t27-/m1/s1. The van der Waals surface area contributed by atoms with Crippen LogP contribution in [0.15, 0.2) is 42.5 Å². The van der Waals surface area contributed by atoms with E-state index in [1.54, 1.807) is 42.5 Å². The van der Waals surface area contributed by atoms with Crippen LogP contribution in [0.5, 0.6) is 11.5 Å². The molecule has 2 fully saturated rings. The fourth-order valence-electron chi connectivity index (χ4n) is 4.70. The molecule has 2 saturated heterocycles. The molecule has 2 aromatic rings. The van der Waals surface area contributed by atoms with E-state index in [0.717, 1.165) is 44.2 Å². The summed E-state index contributed by atoms with van der Waals surface area (Å²) in [5.41, 5.74) is 1.14. The molecule has 0 radical (unpaired) electrons. The van der Waals surface area contributed by atoms with Gasteiger partial charge in [0, 0.05) is 42.1 Å². The second kappa shape index (κ2) is 11.9. The van der Waals surface area contributed by atoms with E-state index in [9.17, 15) is 9.59 Å². The summed E-state index contributed by atoms with van der Waals surface area (Å²) in [6.07, 6.45) is 1.03. The Balaban J connectivity index is 1.53. The number of ether oxygens (including phenoxy) is 3. The van der Waals surface area contributed by atoms with Crippen molar-refractivity contribution in [1.29, 1.82) is 0 Å². The van der Waals surface area contributed by atoms with Gasteiger partial charge in [0.15, 0.2) is 17.3 Å². The first kappa shape index (κ1) is 25.5. The molecule has 2 aromatic carbocycles. The molecule has 0 bridgehead atoms. The monoisotopic (exact) mass is 498 g/mol. The topological polar surface area (TPSA) is 77.1 Å². The van der Waals surface area contributed by atoms with Crippen LogP contribution in [0.25, 0.3) is 0 Å². The summed E-state index contributed by atoms with van der Waals surface area (Å²) in [6, 6.07) is 12.1. The number of amides is 1. The van der Waals surface area contributed by atoms with Crippen LogP contribution in [0.3, 0.4) is 0 Å². The average molecular weight is 499 g/mol. The molecular formula is C27H34N2O5S. The minimum atomic E-state index is -0.227. The number of hydrogen-bond acceptors (Lipinski definition) is 7. The van der Waals surface area contributed by atoms with Crippen molar-refractivity contribution in [2.24, 2.45) is 0 Å². The van der Waals surface area contributed by atoms with E-state index >= 15 is 0 Å². The van der Waals surface area contributed by atoms with Gasteiger partial charge in [-0.05, 0) is 50.3 Å². The van der Waals surface area contributed by atoms with Crippen molar-refractivity contribution in [1.82, 2.24) is 10.2 Å². The predicted octanol–water partition coefficient (Wildman–Crippen LogP) is 3.65. The van der Waals surface area contributed by atoms with Crippen molar-refractivity contribution >= 4 is 23.5 Å². The number of nitrogens with zero attached hydrogens (tertiary/aromatic N) is 1. The minimum Gasteiger partial charge on any atom is -0.490 e. The van der Waals surface area contributed by atoms with Crippen molar-refractivity contribution in [3.05, 3.63) is 59.2 Å². The second-order valence-corrected chi connectivity index (χ2v) is 9.82. The Kier molecular flexibility index (Phi) is 8.70. The van der Waals surface area contributed by atoms with Gasteiger partial charge in [-0.25, -0.2) is 0 Å². The third kappa shape index (κ3) is 5.82. The lowest BCUT2D eigenvalue weighted by atomic mass is 9.94. The highest BCUT2D eigenvalue weighted by atomic mass is 32.2. The Morgan fingerprint density at radius 1 is 1.03 bits per heavy atom. The van der Waals surface area contributed by atoms with Gasteiger partial charge < -0.3 is 19.5 Å². The largest absolute Gasteiger partial charge is 0.490 e. The number of nitrogens with one attached hydrogen (secondary N) is 1. The smallest absolute Gasteiger partial charge is 0.252 e. The Morgan fingerprint density at radius 2 is 1.74 bits per heavy atom. The van der Waals surface area contributed by atoms with E-state index in [0.29, 0.717) is 47.9 Å². The van der Waals surface area contributed by atoms with Crippen LogP contribution in [0.4, 0.5) is 0 Å². The first-order valence-electron chi connectivity index (χ1n) is 12.3. The number of carbonyl (C=O) groups excluding carboxylic acids is 2. The number of rotatable bonds is 10. The zero-order valence-electron chi connectivity index (χ0n) is 20.5. The van der Waals surface area contributed by atoms with Gasteiger partial charge >= 0.3 is 0 Å². The molecule has 2 aliphatic heterocycles. The molecule has 4 rings (SSSR count). The average Bonchev–Trinajstić information content (AvgIpc) is 3.39. The molecule has 1 amide bonds. The summed E-state index contributed by atoms with van der Waals surface area (Å²) in [5.74, 6) is 2.74. The summed E-state index contributed by atoms with van der Waals surface area (Å²) in [6.45, 7) is 8.51. The van der Waals surface area contributed by atoms with Crippen LogP contribution in [0.1, 0.15) is 46.5 Å². The zero-order chi connectivity index (χ0) is 24.7. The molecular weight excluding hydrogens is 464 g/mol. The Hall–Kier alpha value is -2.55. The maximum Gasteiger partial charge on any atom is 0.252 e. The first-order chi connectivity index (χ1) is 17.1. The van der Waals surface area contributed by atoms with Gasteiger partial charge in [0.1, 0.15) is 0 Å². The van der Waals surface area contributed by atoms with Crippen LogP contribution in [0.2, 0.25) is 0 Å². The third-order valence-electron chi connectivity index (χ3n) is 6.56. The minimum absolute atomic E-state index is 0.0649. The molecule has 1 atom stereocenters. The molecule has 188 valence electrons. The summed E-state index contributed by atoms with van der Waals surface area (Å²) < 4.78 is 16.8. The van der Waals surface area contributed by atoms with Gasteiger partial charge in [0.05, 0.1) is 32.0 Å². The molecule has 8 heteroatoms. The molecule has 0 spiro atoms. The summed E-state index contributed by atoms with van der Waals surface area (Å²) in [7, 11) is 0. The first-order valence-corrected chi connectivity index (χ1v) is 13.5. The Bertz CT molecular complexity index is 1030. The lowest BCUT2D eigenvalue weighted by Gasteiger charge is -2.43. The van der Waals surface area contributed by atoms with Crippen LogP contribution < -0.4 is 14.8 Å². The molecule has 0 aromatic heterocycles. The Morgan fingerprint density at radius 3 is 2.43 bits per heavy atom. The number of thioether (sulfide) groups is 1. The quantitative estimate of drug-likeness (QED) is 0.501. The van der Waals surface area contributed by atoms with Gasteiger partial charge in [0.2, 0.25) is 0 Å². The highest BCUT2D eigenvalue weighted by molar-refractivity contribution is 7.99. The fourth-order valence-corrected chi connectivity index (χ4v) is 6.18. The van der Waals surface area contributed by atoms with E-state index in [1.807, 2.05) is 25.6 Å². The maximum atomic E-state index is 13.5. The SMILES string of the molecule is CCOc1ccc(C(=O)c2ccccc2C(=O)NC[C@]2(N3CCOCC3)CCSC2)cc1OCC. The van der Waals surface area contributed by atoms with Gasteiger partial charge in [-0.1, -0.05) is 18.2 Å². The van der Waals surface area contributed by atoms with Gasteiger partial charge in [-0.2, -0.15) is 11.8 Å². The third-order valence-corrected chi connectivity index (χ3v) is 7.80. The molecule has 0 aliphatic carbocycles. The van der Waals surface area contributed by atoms with E-state index in [2.05, 4.69) is 10.2 Å².